The molecule has 2 aromatic carbocycles. The van der Waals surface area contributed by atoms with E-state index in [1.807, 2.05) is 0 Å². The summed E-state index contributed by atoms with van der Waals surface area (Å²) >= 11 is -0.427. The van der Waals surface area contributed by atoms with Gasteiger partial charge in [0, 0.05) is 0 Å². The van der Waals surface area contributed by atoms with Gasteiger partial charge in [0.15, 0.2) is 0 Å². The van der Waals surface area contributed by atoms with Crippen molar-refractivity contribution in [3.8, 4) is 23.7 Å². The van der Waals surface area contributed by atoms with E-state index in [9.17, 15) is 0 Å². The van der Waals surface area contributed by atoms with Crippen LogP contribution in [0.1, 0.15) is 115 Å². The van der Waals surface area contributed by atoms with Crippen LogP contribution in [-0.4, -0.2) is 34.1 Å². The summed E-state index contributed by atoms with van der Waals surface area (Å²) in [4.78, 5) is 0. The molecule has 0 fully saturated rings. The molecule has 202 valence electrons. The Balaban J connectivity index is 1.82. The van der Waals surface area contributed by atoms with Gasteiger partial charge in [0.25, 0.3) is 0 Å². The molecule has 0 heterocycles. The molecule has 2 rings (SSSR count). The van der Waals surface area contributed by atoms with Gasteiger partial charge < -0.3 is 0 Å². The van der Waals surface area contributed by atoms with Gasteiger partial charge in [-0.05, 0) is 0 Å². The number of allylic oxidation sites excluding steroid dienone is 2. The van der Waals surface area contributed by atoms with Crippen molar-refractivity contribution in [2.24, 2.45) is 0 Å². The molecule has 0 aliphatic heterocycles. The molecular weight excluding hydrogens is 688 g/mol. The van der Waals surface area contributed by atoms with Crippen molar-refractivity contribution in [3.05, 3.63) is 71.8 Å². The fraction of sp³-hybridized carbons (Fsp3) is 0.444. The van der Waals surface area contributed by atoms with Gasteiger partial charge in [-0.15, -0.1) is 0 Å². The molecule has 0 aromatic heterocycles. The summed E-state index contributed by atoms with van der Waals surface area (Å²) in [5.41, 5.74) is 2.73. The monoisotopic (exact) mass is 738 g/mol. The zero-order valence-electron chi connectivity index (χ0n) is 23.6. The molecule has 0 aliphatic rings. The Morgan fingerprint density at radius 1 is 0.526 bits per heavy atom. The van der Waals surface area contributed by atoms with Crippen LogP contribution in [0.5, 0.6) is 0 Å². The van der Waals surface area contributed by atoms with E-state index >= 15 is 0 Å². The van der Waals surface area contributed by atoms with E-state index < -0.39 is 0 Å². The second-order valence-corrected chi connectivity index (χ2v) is 19.4. The van der Waals surface area contributed by atoms with E-state index in [1.165, 1.54) is 88.2 Å². The maximum atomic E-state index is 3.34. The fourth-order valence-electron chi connectivity index (χ4n) is 3.99. The van der Waals surface area contributed by atoms with Gasteiger partial charge in [0.1, 0.15) is 0 Å². The first-order valence-corrected chi connectivity index (χ1v) is 24.3. The van der Waals surface area contributed by atoms with Crippen LogP contribution in [-0.2, 0) is 0 Å². The van der Waals surface area contributed by atoms with Gasteiger partial charge in [-0.3, -0.25) is 0 Å². The topological polar surface area (TPSA) is 0 Å². The van der Waals surface area contributed by atoms with Gasteiger partial charge >= 0.3 is 226 Å². The molecule has 0 radical (unpaired) electrons. The van der Waals surface area contributed by atoms with Gasteiger partial charge in [-0.25, -0.2) is 0 Å². The van der Waals surface area contributed by atoms with Gasteiger partial charge in [0.05, 0.1) is 0 Å². The molecule has 0 aliphatic carbocycles. The normalized spacial score (nSPS) is 10.9. The van der Waals surface area contributed by atoms with Crippen LogP contribution in [0.4, 0.5) is 0 Å². The van der Waals surface area contributed by atoms with Crippen LogP contribution in [0.25, 0.3) is 12.2 Å². The van der Waals surface area contributed by atoms with Crippen molar-refractivity contribution in [2.75, 3.05) is 0 Å². The smallest absolute Gasteiger partial charge is 0.0654 e. The molecule has 0 saturated heterocycles. The zero-order chi connectivity index (χ0) is 26.9. The minimum Gasteiger partial charge on any atom is -0.0654 e. The molecule has 2 heteroatoms. The van der Waals surface area contributed by atoms with E-state index in [1.54, 1.807) is 7.22 Å². The third kappa shape index (κ3) is 15.9. The SMILES string of the molecule is CCCCCCCCC#C/C=C\c1ccccc1[Te][Te]c1ccccc1/C=C\C#CCCCCCCCC. The van der Waals surface area contributed by atoms with Crippen molar-refractivity contribution < 1.29 is 0 Å². The predicted octanol–water partition coefficient (Wildman–Crippen LogP) is 8.50. The third-order valence-electron chi connectivity index (χ3n) is 6.27. The summed E-state index contributed by atoms with van der Waals surface area (Å²) in [6.07, 6.45) is 26.6. The van der Waals surface area contributed by atoms with Crippen LogP contribution < -0.4 is 7.22 Å². The van der Waals surface area contributed by atoms with Crippen molar-refractivity contribution in [2.45, 2.75) is 104 Å². The molecule has 0 nitrogen and oxygen atoms in total. The Kier molecular flexibility index (Phi) is 20.3. The summed E-state index contributed by atoms with van der Waals surface area (Å²) in [5.74, 6) is 13.2. The van der Waals surface area contributed by atoms with E-state index in [4.69, 9.17) is 0 Å². The van der Waals surface area contributed by atoms with Crippen LogP contribution in [0.15, 0.2) is 60.7 Å². The second kappa shape index (κ2) is 23.5. The van der Waals surface area contributed by atoms with Crippen LogP contribution >= 0.6 is 0 Å². The second-order valence-electron chi connectivity index (χ2n) is 9.59. The van der Waals surface area contributed by atoms with Crippen molar-refractivity contribution in [3.63, 3.8) is 0 Å². The summed E-state index contributed by atoms with van der Waals surface area (Å²) in [6.45, 7) is 4.54. The summed E-state index contributed by atoms with van der Waals surface area (Å²) in [5, 5.41) is 0. The third-order valence-corrected chi connectivity index (χ3v) is 18.1. The van der Waals surface area contributed by atoms with Gasteiger partial charge in [0.2, 0.25) is 0 Å². The predicted molar refractivity (Wildman–Crippen MR) is 173 cm³/mol. The molecule has 0 spiro atoms. The molecule has 0 amide bonds. The Hall–Kier alpha value is -1.38. The molecule has 2 aromatic rings. The van der Waals surface area contributed by atoms with E-state index in [0.717, 1.165) is 12.8 Å². The molecule has 0 saturated carbocycles. The first kappa shape index (κ1) is 32.8. The average molecular weight is 734 g/mol. The van der Waals surface area contributed by atoms with Crippen molar-refractivity contribution in [1.29, 1.82) is 0 Å². The first-order valence-electron chi connectivity index (χ1n) is 14.7. The zero-order valence-corrected chi connectivity index (χ0v) is 28.3. The van der Waals surface area contributed by atoms with Gasteiger partial charge in [-0.1, -0.05) is 26.7 Å². The summed E-state index contributed by atoms with van der Waals surface area (Å²) < 4.78 is 3.12. The van der Waals surface area contributed by atoms with E-state index in [-0.39, 0.29) is 34.1 Å². The van der Waals surface area contributed by atoms with Crippen LogP contribution in [0, 0.1) is 23.7 Å². The number of hydrogen-bond donors (Lipinski definition) is 0. The summed E-state index contributed by atoms with van der Waals surface area (Å²) in [7, 11) is 0. The van der Waals surface area contributed by atoms with Crippen molar-refractivity contribution >= 4 is 53.5 Å². The van der Waals surface area contributed by atoms with Gasteiger partial charge in [-0.2, -0.15) is 0 Å². The standard InChI is InChI=1S/C36H46Te2/c1-3-5-7-9-11-13-15-17-19-21-27-33-29-23-25-31-35(33)37-38-36-32-26-24-30-34(36)28-22-20-18-16-14-12-10-8-6-4-2/h21-32H,3-16H2,1-2H3/b27-21-,28-22-. The average Bonchev–Trinajstić information content (AvgIpc) is 2.95. The Labute approximate surface area is 250 Å². The molecule has 0 bridgehead atoms. The number of hydrogen-bond acceptors (Lipinski definition) is 0. The van der Waals surface area contributed by atoms with Crippen LogP contribution in [0.3, 0.4) is 0 Å². The Morgan fingerprint density at radius 2 is 0.921 bits per heavy atom. The van der Waals surface area contributed by atoms with Crippen molar-refractivity contribution in [1.82, 2.24) is 0 Å². The molecular formula is C36H46Te2. The quantitative estimate of drug-likeness (QED) is 0.0870. The van der Waals surface area contributed by atoms with E-state index in [0.29, 0.717) is 0 Å². The first-order chi connectivity index (χ1) is 18.8. The maximum absolute atomic E-state index is 3.34. The number of unbranched alkanes of at least 4 members (excludes halogenated alkanes) is 12. The molecule has 0 N–H and O–H groups in total. The molecule has 38 heavy (non-hydrogen) atoms. The number of rotatable bonds is 17. The minimum absolute atomic E-state index is 0.214. The Bertz CT molecular complexity index is 984. The fourth-order valence-corrected chi connectivity index (χ4v) is 15.8. The molecule has 0 atom stereocenters. The minimum atomic E-state index is -0.214. The number of benzene rings is 2. The summed E-state index contributed by atoms with van der Waals surface area (Å²) in [6, 6.07) is 17.9. The molecule has 0 unspecified atom stereocenters. The Morgan fingerprint density at radius 3 is 1.37 bits per heavy atom. The van der Waals surface area contributed by atoms with Crippen LogP contribution in [0.2, 0.25) is 0 Å². The van der Waals surface area contributed by atoms with E-state index in [2.05, 4.69) is 110 Å².